The normalized spacial score (nSPS) is 30.2. The van der Waals surface area contributed by atoms with Crippen molar-refractivity contribution in [2.75, 3.05) is 20.3 Å². The van der Waals surface area contributed by atoms with Gasteiger partial charge in [-0.1, -0.05) is 13.8 Å². The van der Waals surface area contributed by atoms with Crippen LogP contribution in [0.4, 0.5) is 0 Å². The van der Waals surface area contributed by atoms with E-state index in [1.54, 1.807) is 7.11 Å². The summed E-state index contributed by atoms with van der Waals surface area (Å²) in [6.45, 7) is 6.55. The van der Waals surface area contributed by atoms with Crippen LogP contribution in [0.1, 0.15) is 26.7 Å². The minimum absolute atomic E-state index is 0.558. The summed E-state index contributed by atoms with van der Waals surface area (Å²) in [7, 11) is 1.77. The van der Waals surface area contributed by atoms with Gasteiger partial charge >= 0.3 is 0 Å². The molecule has 2 nitrogen and oxygen atoms in total. The van der Waals surface area contributed by atoms with E-state index in [1.165, 1.54) is 13.0 Å². The molecule has 0 spiro atoms. The number of nitrogens with one attached hydrogen (secondary N) is 1. The number of rotatable bonds is 6. The summed E-state index contributed by atoms with van der Waals surface area (Å²) in [5.41, 5.74) is 0. The first-order valence-corrected chi connectivity index (χ1v) is 5.00. The molecule has 3 atom stereocenters. The second-order valence-electron chi connectivity index (χ2n) is 3.94. The van der Waals surface area contributed by atoms with Crippen LogP contribution in [-0.2, 0) is 4.74 Å². The largest absolute Gasteiger partial charge is 0.383 e. The SMILES string of the molecule is CCC(COC)NCC1CC1C. The first-order chi connectivity index (χ1) is 5.77. The average molecular weight is 171 g/mol. The Balaban J connectivity index is 2.02. The van der Waals surface area contributed by atoms with E-state index in [0.717, 1.165) is 24.9 Å². The Morgan fingerprint density at radius 1 is 1.58 bits per heavy atom. The molecule has 0 aromatic carbocycles. The molecule has 12 heavy (non-hydrogen) atoms. The highest BCUT2D eigenvalue weighted by molar-refractivity contribution is 4.85. The summed E-state index contributed by atoms with van der Waals surface area (Å²) >= 11 is 0. The maximum atomic E-state index is 5.11. The van der Waals surface area contributed by atoms with Crippen LogP contribution in [0, 0.1) is 11.8 Å². The summed E-state index contributed by atoms with van der Waals surface area (Å²) in [6.07, 6.45) is 2.57. The van der Waals surface area contributed by atoms with Crippen molar-refractivity contribution in [2.45, 2.75) is 32.7 Å². The highest BCUT2D eigenvalue weighted by Crippen LogP contribution is 2.36. The van der Waals surface area contributed by atoms with Gasteiger partial charge in [0.2, 0.25) is 0 Å². The Hall–Kier alpha value is -0.0800. The number of hydrogen-bond donors (Lipinski definition) is 1. The molecule has 0 saturated heterocycles. The maximum absolute atomic E-state index is 5.11. The van der Waals surface area contributed by atoms with Gasteiger partial charge in [0.25, 0.3) is 0 Å². The smallest absolute Gasteiger partial charge is 0.0615 e. The van der Waals surface area contributed by atoms with Crippen molar-refractivity contribution < 1.29 is 4.74 Å². The summed E-state index contributed by atoms with van der Waals surface area (Å²) in [5, 5.41) is 3.54. The van der Waals surface area contributed by atoms with Gasteiger partial charge < -0.3 is 10.1 Å². The Labute approximate surface area is 75.7 Å². The van der Waals surface area contributed by atoms with Crippen molar-refractivity contribution in [3.8, 4) is 0 Å². The molecule has 0 aromatic rings. The molecule has 72 valence electrons. The average Bonchev–Trinajstić information content (AvgIpc) is 2.76. The lowest BCUT2D eigenvalue weighted by Gasteiger charge is -2.15. The monoisotopic (exact) mass is 171 g/mol. The number of ether oxygens (including phenoxy) is 1. The Kier molecular flexibility index (Phi) is 4.02. The number of methoxy groups -OCH3 is 1. The Bertz CT molecular complexity index is 127. The molecule has 1 N–H and O–H groups in total. The molecule has 0 radical (unpaired) electrons. The molecule has 2 heteroatoms. The van der Waals surface area contributed by atoms with Gasteiger partial charge in [-0.05, 0) is 31.2 Å². The molecular formula is C10H21NO. The van der Waals surface area contributed by atoms with Crippen molar-refractivity contribution in [3.05, 3.63) is 0 Å². The van der Waals surface area contributed by atoms with E-state index in [0.29, 0.717) is 6.04 Å². The molecule has 3 unspecified atom stereocenters. The summed E-state index contributed by atoms with van der Waals surface area (Å²) in [6, 6.07) is 0.558. The lowest BCUT2D eigenvalue weighted by Crippen LogP contribution is -2.34. The summed E-state index contributed by atoms with van der Waals surface area (Å²) in [5.74, 6) is 1.90. The van der Waals surface area contributed by atoms with Crippen LogP contribution in [0.25, 0.3) is 0 Å². The van der Waals surface area contributed by atoms with E-state index < -0.39 is 0 Å². The fourth-order valence-corrected chi connectivity index (χ4v) is 1.52. The second-order valence-corrected chi connectivity index (χ2v) is 3.94. The molecule has 1 saturated carbocycles. The van der Waals surface area contributed by atoms with E-state index in [1.807, 2.05) is 0 Å². The molecule has 1 aliphatic carbocycles. The minimum Gasteiger partial charge on any atom is -0.383 e. The van der Waals surface area contributed by atoms with Gasteiger partial charge in [0.1, 0.15) is 0 Å². The van der Waals surface area contributed by atoms with Gasteiger partial charge in [-0.3, -0.25) is 0 Å². The summed E-state index contributed by atoms with van der Waals surface area (Å²) < 4.78 is 5.11. The predicted molar refractivity (Wildman–Crippen MR) is 51.2 cm³/mol. The van der Waals surface area contributed by atoms with E-state index in [2.05, 4.69) is 19.2 Å². The molecule has 0 aliphatic heterocycles. The first kappa shape index (κ1) is 10.0. The van der Waals surface area contributed by atoms with E-state index >= 15 is 0 Å². The quantitative estimate of drug-likeness (QED) is 0.656. The van der Waals surface area contributed by atoms with Crippen molar-refractivity contribution >= 4 is 0 Å². The van der Waals surface area contributed by atoms with Crippen molar-refractivity contribution in [3.63, 3.8) is 0 Å². The third-order valence-corrected chi connectivity index (χ3v) is 2.81. The van der Waals surface area contributed by atoms with Gasteiger partial charge in [0, 0.05) is 13.2 Å². The zero-order valence-corrected chi connectivity index (χ0v) is 8.47. The maximum Gasteiger partial charge on any atom is 0.0615 e. The van der Waals surface area contributed by atoms with E-state index in [4.69, 9.17) is 4.74 Å². The molecule has 1 rings (SSSR count). The van der Waals surface area contributed by atoms with E-state index in [9.17, 15) is 0 Å². The van der Waals surface area contributed by atoms with Gasteiger partial charge in [0.05, 0.1) is 6.61 Å². The van der Waals surface area contributed by atoms with Crippen LogP contribution in [0.5, 0.6) is 0 Å². The van der Waals surface area contributed by atoms with E-state index in [-0.39, 0.29) is 0 Å². The molecule has 0 aromatic heterocycles. The Morgan fingerprint density at radius 3 is 2.67 bits per heavy atom. The molecule has 1 aliphatic rings. The number of hydrogen-bond acceptors (Lipinski definition) is 2. The van der Waals surface area contributed by atoms with Crippen LogP contribution in [-0.4, -0.2) is 26.3 Å². The van der Waals surface area contributed by atoms with Crippen LogP contribution in [0.15, 0.2) is 0 Å². The second kappa shape index (κ2) is 4.83. The third kappa shape index (κ3) is 3.11. The molecule has 0 amide bonds. The summed E-state index contributed by atoms with van der Waals surface area (Å²) in [4.78, 5) is 0. The fraction of sp³-hybridized carbons (Fsp3) is 1.00. The fourth-order valence-electron chi connectivity index (χ4n) is 1.52. The van der Waals surface area contributed by atoms with Crippen LogP contribution in [0.3, 0.4) is 0 Å². The van der Waals surface area contributed by atoms with Crippen LogP contribution >= 0.6 is 0 Å². The lowest BCUT2D eigenvalue weighted by molar-refractivity contribution is 0.163. The first-order valence-electron chi connectivity index (χ1n) is 5.00. The highest BCUT2D eigenvalue weighted by atomic mass is 16.5. The van der Waals surface area contributed by atoms with Gasteiger partial charge in [-0.25, -0.2) is 0 Å². The van der Waals surface area contributed by atoms with Crippen LogP contribution in [0.2, 0.25) is 0 Å². The highest BCUT2D eigenvalue weighted by Gasteiger charge is 2.32. The minimum atomic E-state index is 0.558. The van der Waals surface area contributed by atoms with Gasteiger partial charge in [-0.2, -0.15) is 0 Å². The zero-order valence-electron chi connectivity index (χ0n) is 8.47. The van der Waals surface area contributed by atoms with Crippen molar-refractivity contribution in [1.29, 1.82) is 0 Å². The van der Waals surface area contributed by atoms with Crippen molar-refractivity contribution in [1.82, 2.24) is 5.32 Å². The molecule has 0 bridgehead atoms. The van der Waals surface area contributed by atoms with Gasteiger partial charge in [0.15, 0.2) is 0 Å². The topological polar surface area (TPSA) is 21.3 Å². The molecular weight excluding hydrogens is 150 g/mol. The third-order valence-electron chi connectivity index (χ3n) is 2.81. The predicted octanol–water partition coefficient (Wildman–Crippen LogP) is 1.66. The Morgan fingerprint density at radius 2 is 2.25 bits per heavy atom. The molecule has 0 heterocycles. The van der Waals surface area contributed by atoms with Gasteiger partial charge in [-0.15, -0.1) is 0 Å². The molecule has 1 fully saturated rings. The van der Waals surface area contributed by atoms with Crippen molar-refractivity contribution in [2.24, 2.45) is 11.8 Å². The zero-order chi connectivity index (χ0) is 8.97. The standard InChI is InChI=1S/C10H21NO/c1-4-10(7-12-3)11-6-9-5-8(9)2/h8-11H,4-7H2,1-3H3. The lowest BCUT2D eigenvalue weighted by atomic mass is 10.2. The van der Waals surface area contributed by atoms with Crippen LogP contribution < -0.4 is 5.32 Å².